The number of hydrogen-bond donors (Lipinski definition) is 2. The standard InChI is InChI=1S/C16H24N2O/c1-2-15(17)11-3-6-13(7-4-11)18-9-12-5-8-16(19)14(12)10-18/h3-4,6-7,12,14-16,19H,2,5,8-10,17H2,1H3. The number of hydrogen-bond acceptors (Lipinski definition) is 3. The van der Waals surface area contributed by atoms with Gasteiger partial charge >= 0.3 is 0 Å². The number of benzene rings is 1. The van der Waals surface area contributed by atoms with Crippen LogP contribution in [-0.4, -0.2) is 24.3 Å². The molecule has 0 aromatic heterocycles. The smallest absolute Gasteiger partial charge is 0.0588 e. The highest BCUT2D eigenvalue weighted by Gasteiger charge is 2.41. The Kier molecular flexibility index (Phi) is 3.50. The van der Waals surface area contributed by atoms with E-state index in [2.05, 4.69) is 36.1 Å². The molecule has 0 amide bonds. The van der Waals surface area contributed by atoms with Crippen molar-refractivity contribution in [3.05, 3.63) is 29.8 Å². The number of aliphatic hydroxyl groups is 1. The van der Waals surface area contributed by atoms with Crippen molar-refractivity contribution in [3.63, 3.8) is 0 Å². The molecule has 2 fully saturated rings. The van der Waals surface area contributed by atoms with Gasteiger partial charge in [-0.15, -0.1) is 0 Å². The Labute approximate surface area is 115 Å². The minimum Gasteiger partial charge on any atom is -0.393 e. The number of fused-ring (bicyclic) bond motifs is 1. The Morgan fingerprint density at radius 1 is 1.26 bits per heavy atom. The first-order valence-electron chi connectivity index (χ1n) is 7.47. The van der Waals surface area contributed by atoms with Crippen molar-refractivity contribution in [3.8, 4) is 0 Å². The van der Waals surface area contributed by atoms with Crippen LogP contribution in [0.2, 0.25) is 0 Å². The molecule has 1 saturated heterocycles. The van der Waals surface area contributed by atoms with Crippen molar-refractivity contribution >= 4 is 5.69 Å². The summed E-state index contributed by atoms with van der Waals surface area (Å²) < 4.78 is 0. The van der Waals surface area contributed by atoms with Gasteiger partial charge in [0.25, 0.3) is 0 Å². The first kappa shape index (κ1) is 12.9. The minimum atomic E-state index is -0.0808. The number of nitrogens with two attached hydrogens (primary N) is 1. The van der Waals surface area contributed by atoms with Crippen LogP contribution >= 0.6 is 0 Å². The number of nitrogens with zero attached hydrogens (tertiary/aromatic N) is 1. The van der Waals surface area contributed by atoms with Gasteiger partial charge in [0.1, 0.15) is 0 Å². The predicted octanol–water partition coefficient (Wildman–Crippen LogP) is 2.30. The van der Waals surface area contributed by atoms with E-state index in [0.29, 0.717) is 11.8 Å². The van der Waals surface area contributed by atoms with Crippen LogP contribution in [0.15, 0.2) is 24.3 Å². The maximum Gasteiger partial charge on any atom is 0.0588 e. The molecule has 1 saturated carbocycles. The second kappa shape index (κ2) is 5.14. The van der Waals surface area contributed by atoms with Gasteiger partial charge in [-0.05, 0) is 42.9 Å². The fraction of sp³-hybridized carbons (Fsp3) is 0.625. The second-order valence-electron chi connectivity index (χ2n) is 6.08. The molecule has 4 atom stereocenters. The summed E-state index contributed by atoms with van der Waals surface area (Å²) in [5.74, 6) is 1.17. The molecule has 1 aromatic carbocycles. The van der Waals surface area contributed by atoms with Crippen LogP contribution in [0, 0.1) is 11.8 Å². The summed E-state index contributed by atoms with van der Waals surface area (Å²) in [6.07, 6.45) is 3.07. The average molecular weight is 260 g/mol. The molecule has 1 aromatic rings. The third kappa shape index (κ3) is 2.37. The summed E-state index contributed by atoms with van der Waals surface area (Å²) in [7, 11) is 0. The van der Waals surface area contributed by atoms with Gasteiger partial charge in [0.15, 0.2) is 0 Å². The lowest BCUT2D eigenvalue weighted by molar-refractivity contribution is 0.133. The quantitative estimate of drug-likeness (QED) is 0.877. The molecule has 3 rings (SSSR count). The fourth-order valence-corrected chi connectivity index (χ4v) is 3.62. The molecule has 0 radical (unpaired) electrons. The van der Waals surface area contributed by atoms with Gasteiger partial charge in [-0.3, -0.25) is 0 Å². The zero-order chi connectivity index (χ0) is 13.4. The maximum absolute atomic E-state index is 9.97. The third-order valence-electron chi connectivity index (χ3n) is 4.95. The van der Waals surface area contributed by atoms with Crippen molar-refractivity contribution in [1.82, 2.24) is 0 Å². The zero-order valence-electron chi connectivity index (χ0n) is 11.6. The molecular weight excluding hydrogens is 236 g/mol. The van der Waals surface area contributed by atoms with Crippen LogP contribution in [0.1, 0.15) is 37.8 Å². The summed E-state index contributed by atoms with van der Waals surface area (Å²) in [6, 6.07) is 8.80. The molecule has 0 spiro atoms. The number of rotatable bonds is 3. The Bertz CT molecular complexity index is 431. The van der Waals surface area contributed by atoms with Crippen LogP contribution in [-0.2, 0) is 0 Å². The first-order valence-corrected chi connectivity index (χ1v) is 7.47. The van der Waals surface area contributed by atoms with Gasteiger partial charge in [0.05, 0.1) is 6.10 Å². The van der Waals surface area contributed by atoms with E-state index in [0.717, 1.165) is 25.9 Å². The molecule has 19 heavy (non-hydrogen) atoms. The van der Waals surface area contributed by atoms with E-state index in [9.17, 15) is 5.11 Å². The lowest BCUT2D eigenvalue weighted by atomic mass is 10.00. The van der Waals surface area contributed by atoms with Crippen LogP contribution in [0.3, 0.4) is 0 Å². The molecule has 1 aliphatic heterocycles. The van der Waals surface area contributed by atoms with E-state index < -0.39 is 0 Å². The summed E-state index contributed by atoms with van der Waals surface area (Å²) in [6.45, 7) is 4.22. The molecule has 3 N–H and O–H groups in total. The van der Waals surface area contributed by atoms with Gasteiger partial charge in [0, 0.05) is 30.7 Å². The van der Waals surface area contributed by atoms with Crippen molar-refractivity contribution in [2.45, 2.75) is 38.3 Å². The van der Waals surface area contributed by atoms with E-state index in [1.54, 1.807) is 0 Å². The van der Waals surface area contributed by atoms with Crippen LogP contribution in [0.4, 0.5) is 5.69 Å². The van der Waals surface area contributed by atoms with E-state index in [1.807, 2.05) is 0 Å². The molecule has 4 unspecified atom stereocenters. The monoisotopic (exact) mass is 260 g/mol. The van der Waals surface area contributed by atoms with E-state index in [4.69, 9.17) is 5.73 Å². The summed E-state index contributed by atoms with van der Waals surface area (Å²) in [5.41, 5.74) is 8.53. The Morgan fingerprint density at radius 2 is 2.00 bits per heavy atom. The number of aliphatic hydroxyl groups excluding tert-OH is 1. The van der Waals surface area contributed by atoms with Gasteiger partial charge < -0.3 is 15.7 Å². The Balaban J connectivity index is 1.70. The Hall–Kier alpha value is -1.06. The Morgan fingerprint density at radius 3 is 2.63 bits per heavy atom. The highest BCUT2D eigenvalue weighted by atomic mass is 16.3. The van der Waals surface area contributed by atoms with E-state index in [1.165, 1.54) is 17.7 Å². The zero-order valence-corrected chi connectivity index (χ0v) is 11.6. The van der Waals surface area contributed by atoms with Crippen LogP contribution in [0.5, 0.6) is 0 Å². The molecule has 3 nitrogen and oxygen atoms in total. The maximum atomic E-state index is 9.97. The number of anilines is 1. The average Bonchev–Trinajstić information content (AvgIpc) is 3.01. The first-order chi connectivity index (χ1) is 9.19. The van der Waals surface area contributed by atoms with Gasteiger partial charge in [-0.25, -0.2) is 0 Å². The van der Waals surface area contributed by atoms with Crippen LogP contribution < -0.4 is 10.6 Å². The SMILES string of the molecule is CCC(N)c1ccc(N2CC3CCC(O)C3C2)cc1. The molecular formula is C16H24N2O. The van der Waals surface area contributed by atoms with Gasteiger partial charge in [-0.2, -0.15) is 0 Å². The van der Waals surface area contributed by atoms with Crippen molar-refractivity contribution in [2.24, 2.45) is 17.6 Å². The van der Waals surface area contributed by atoms with Gasteiger partial charge in [0.2, 0.25) is 0 Å². The lowest BCUT2D eigenvalue weighted by Gasteiger charge is -2.21. The third-order valence-corrected chi connectivity index (χ3v) is 4.95. The molecule has 104 valence electrons. The summed E-state index contributed by atoms with van der Waals surface area (Å²) >= 11 is 0. The molecule has 1 heterocycles. The molecule has 1 aliphatic carbocycles. The summed E-state index contributed by atoms with van der Waals surface area (Å²) in [5, 5.41) is 9.97. The van der Waals surface area contributed by atoms with Gasteiger partial charge in [-0.1, -0.05) is 19.1 Å². The van der Waals surface area contributed by atoms with E-state index in [-0.39, 0.29) is 12.1 Å². The predicted molar refractivity (Wildman–Crippen MR) is 78.1 cm³/mol. The second-order valence-corrected chi connectivity index (χ2v) is 6.08. The molecule has 0 bridgehead atoms. The highest BCUT2D eigenvalue weighted by molar-refractivity contribution is 5.49. The van der Waals surface area contributed by atoms with Crippen molar-refractivity contribution in [2.75, 3.05) is 18.0 Å². The molecule has 3 heteroatoms. The normalized spacial score (nSPS) is 31.5. The van der Waals surface area contributed by atoms with E-state index >= 15 is 0 Å². The topological polar surface area (TPSA) is 49.5 Å². The summed E-state index contributed by atoms with van der Waals surface area (Å²) in [4.78, 5) is 2.42. The largest absolute Gasteiger partial charge is 0.393 e. The van der Waals surface area contributed by atoms with Crippen molar-refractivity contribution < 1.29 is 5.11 Å². The fourth-order valence-electron chi connectivity index (χ4n) is 3.62. The van der Waals surface area contributed by atoms with Crippen molar-refractivity contribution in [1.29, 1.82) is 0 Å². The minimum absolute atomic E-state index is 0.0808. The van der Waals surface area contributed by atoms with Crippen LogP contribution in [0.25, 0.3) is 0 Å². The lowest BCUT2D eigenvalue weighted by Crippen LogP contribution is -2.24. The molecule has 2 aliphatic rings. The highest BCUT2D eigenvalue weighted by Crippen LogP contribution is 2.39.